The Morgan fingerprint density at radius 1 is 1.00 bits per heavy atom. The van der Waals surface area contributed by atoms with Crippen LogP contribution in [-0.2, 0) is 9.59 Å². The Bertz CT molecular complexity index is 702. The van der Waals surface area contributed by atoms with Crippen LogP contribution in [0.4, 0.5) is 5.69 Å². The predicted octanol–water partition coefficient (Wildman–Crippen LogP) is 3.03. The quantitative estimate of drug-likeness (QED) is 0.288. The molecule has 0 aromatic heterocycles. The lowest BCUT2D eigenvalue weighted by molar-refractivity contribution is -0.120. The van der Waals surface area contributed by atoms with E-state index in [9.17, 15) is 14.4 Å². The number of carbonyl (C=O) groups excluding carboxylic acids is 3. The molecule has 0 aliphatic heterocycles. The van der Waals surface area contributed by atoms with Gasteiger partial charge in [-0.15, -0.1) is 0 Å². The molecule has 28 heavy (non-hydrogen) atoms. The van der Waals surface area contributed by atoms with Gasteiger partial charge in [0.25, 0.3) is 5.91 Å². The van der Waals surface area contributed by atoms with Gasteiger partial charge in [0.1, 0.15) is 0 Å². The second kappa shape index (κ2) is 11.4. The second-order valence-electron chi connectivity index (χ2n) is 6.96. The Labute approximate surface area is 171 Å². The van der Waals surface area contributed by atoms with Gasteiger partial charge >= 0.3 is 0 Å². The van der Waals surface area contributed by atoms with Crippen molar-refractivity contribution in [2.45, 2.75) is 58.3 Å². The third kappa shape index (κ3) is 8.04. The molecule has 2 rings (SSSR count). The predicted molar refractivity (Wildman–Crippen MR) is 113 cm³/mol. The van der Waals surface area contributed by atoms with Crippen molar-refractivity contribution < 1.29 is 14.4 Å². The third-order valence-corrected chi connectivity index (χ3v) is 4.62. The molecule has 0 unspecified atom stereocenters. The number of hydrogen-bond donors (Lipinski definition) is 4. The maximum absolute atomic E-state index is 12.1. The first-order valence-corrected chi connectivity index (χ1v) is 10.2. The molecule has 0 saturated heterocycles. The van der Waals surface area contributed by atoms with E-state index < -0.39 is 5.91 Å². The molecule has 3 amide bonds. The molecule has 7 nitrogen and oxygen atoms in total. The van der Waals surface area contributed by atoms with Crippen molar-refractivity contribution in [3.63, 3.8) is 0 Å². The summed E-state index contributed by atoms with van der Waals surface area (Å²) in [6, 6.07) is 6.57. The maximum Gasteiger partial charge on any atom is 0.269 e. The number of unbranched alkanes of at least 4 members (excludes halogenated alkanes) is 4. The molecule has 0 spiro atoms. The highest BCUT2D eigenvalue weighted by Gasteiger charge is 2.29. The van der Waals surface area contributed by atoms with Gasteiger partial charge in [-0.2, -0.15) is 0 Å². The second-order valence-corrected chi connectivity index (χ2v) is 7.37. The number of nitrogens with one attached hydrogen (secondary N) is 4. The van der Waals surface area contributed by atoms with E-state index in [0.717, 1.165) is 38.5 Å². The summed E-state index contributed by atoms with van der Waals surface area (Å²) in [5.41, 5.74) is 6.03. The number of amides is 3. The van der Waals surface area contributed by atoms with Crippen LogP contribution < -0.4 is 21.5 Å². The molecule has 0 atom stereocenters. The molecule has 0 radical (unpaired) electrons. The number of thiocarbonyl (C=S) groups is 1. The highest BCUT2D eigenvalue weighted by atomic mass is 32.1. The van der Waals surface area contributed by atoms with Gasteiger partial charge in [0.2, 0.25) is 11.8 Å². The van der Waals surface area contributed by atoms with Crippen LogP contribution in [0.3, 0.4) is 0 Å². The zero-order chi connectivity index (χ0) is 20.4. The molecule has 1 aliphatic rings. The van der Waals surface area contributed by atoms with Crippen LogP contribution in [-0.4, -0.2) is 22.8 Å². The summed E-state index contributed by atoms with van der Waals surface area (Å²) in [6.45, 7) is 2.15. The van der Waals surface area contributed by atoms with E-state index >= 15 is 0 Å². The van der Waals surface area contributed by atoms with E-state index in [1.54, 1.807) is 24.3 Å². The van der Waals surface area contributed by atoms with Gasteiger partial charge in [-0.3, -0.25) is 25.2 Å². The fourth-order valence-electron chi connectivity index (χ4n) is 2.59. The topological polar surface area (TPSA) is 99.3 Å². The number of benzene rings is 1. The third-order valence-electron chi connectivity index (χ3n) is 4.41. The van der Waals surface area contributed by atoms with Gasteiger partial charge in [-0.05, 0) is 55.7 Å². The molecule has 4 N–H and O–H groups in total. The van der Waals surface area contributed by atoms with Gasteiger partial charge in [0.05, 0.1) is 0 Å². The van der Waals surface area contributed by atoms with E-state index in [2.05, 4.69) is 28.4 Å². The normalized spacial score (nSPS) is 12.8. The summed E-state index contributed by atoms with van der Waals surface area (Å²) in [4.78, 5) is 35.6. The molecule has 0 bridgehead atoms. The number of rotatable bonds is 9. The van der Waals surface area contributed by atoms with Crippen LogP contribution in [0.1, 0.15) is 68.6 Å². The van der Waals surface area contributed by atoms with Gasteiger partial charge in [0.15, 0.2) is 5.11 Å². The van der Waals surface area contributed by atoms with Crippen molar-refractivity contribution in [3.8, 4) is 0 Å². The van der Waals surface area contributed by atoms with Crippen LogP contribution in [0.15, 0.2) is 24.3 Å². The Morgan fingerprint density at radius 3 is 2.32 bits per heavy atom. The molecular formula is C20H28N4O3S. The van der Waals surface area contributed by atoms with Crippen molar-refractivity contribution in [1.29, 1.82) is 0 Å². The molecule has 0 heterocycles. The fourth-order valence-corrected chi connectivity index (χ4v) is 2.75. The van der Waals surface area contributed by atoms with Crippen LogP contribution in [0, 0.1) is 5.92 Å². The van der Waals surface area contributed by atoms with Gasteiger partial charge < -0.3 is 10.6 Å². The van der Waals surface area contributed by atoms with Gasteiger partial charge in [-0.1, -0.05) is 32.6 Å². The minimum atomic E-state index is -0.392. The largest absolute Gasteiger partial charge is 0.326 e. The van der Waals surface area contributed by atoms with Crippen molar-refractivity contribution in [1.82, 2.24) is 16.2 Å². The highest BCUT2D eigenvalue weighted by Crippen LogP contribution is 2.30. The molecular weight excluding hydrogens is 376 g/mol. The zero-order valence-electron chi connectivity index (χ0n) is 16.2. The van der Waals surface area contributed by atoms with E-state index in [1.807, 2.05) is 0 Å². The average Bonchev–Trinajstić information content (AvgIpc) is 3.52. The van der Waals surface area contributed by atoms with Crippen LogP contribution >= 0.6 is 12.2 Å². The molecule has 1 fully saturated rings. The number of anilines is 1. The first-order chi connectivity index (χ1) is 13.5. The summed E-state index contributed by atoms with van der Waals surface area (Å²) in [5.74, 6) is -0.416. The number of hydrogen-bond acceptors (Lipinski definition) is 4. The molecule has 8 heteroatoms. The minimum absolute atomic E-state index is 0.0188. The van der Waals surface area contributed by atoms with Crippen molar-refractivity contribution in [3.05, 3.63) is 29.8 Å². The van der Waals surface area contributed by atoms with Gasteiger partial charge in [0, 0.05) is 23.6 Å². The zero-order valence-corrected chi connectivity index (χ0v) is 17.0. The molecule has 1 saturated carbocycles. The highest BCUT2D eigenvalue weighted by molar-refractivity contribution is 7.80. The van der Waals surface area contributed by atoms with Crippen LogP contribution in [0.25, 0.3) is 0 Å². The number of hydrazine groups is 1. The van der Waals surface area contributed by atoms with Gasteiger partial charge in [-0.25, -0.2) is 0 Å². The molecule has 1 aliphatic carbocycles. The van der Waals surface area contributed by atoms with Crippen molar-refractivity contribution in [2.24, 2.45) is 5.92 Å². The van der Waals surface area contributed by atoms with E-state index in [1.165, 1.54) is 6.42 Å². The average molecular weight is 405 g/mol. The first-order valence-electron chi connectivity index (χ1n) is 9.80. The SMILES string of the molecule is CCCCCCCC(=O)NC(=S)NNC(=O)c1ccc(NC(=O)C2CC2)cc1. The van der Waals surface area contributed by atoms with Crippen molar-refractivity contribution in [2.75, 3.05) is 5.32 Å². The summed E-state index contributed by atoms with van der Waals surface area (Å²) < 4.78 is 0. The Hall–Kier alpha value is -2.48. The maximum atomic E-state index is 12.1. The Morgan fingerprint density at radius 2 is 1.68 bits per heavy atom. The number of carbonyl (C=O) groups is 3. The monoisotopic (exact) mass is 404 g/mol. The minimum Gasteiger partial charge on any atom is -0.326 e. The van der Waals surface area contributed by atoms with E-state index in [-0.39, 0.29) is 22.8 Å². The summed E-state index contributed by atoms with van der Waals surface area (Å²) in [6.07, 6.45) is 7.61. The van der Waals surface area contributed by atoms with Crippen LogP contribution in [0.5, 0.6) is 0 Å². The van der Waals surface area contributed by atoms with Crippen LogP contribution in [0.2, 0.25) is 0 Å². The summed E-state index contributed by atoms with van der Waals surface area (Å²) >= 11 is 5.01. The van der Waals surface area contributed by atoms with Crippen molar-refractivity contribution >= 4 is 40.7 Å². The molecule has 1 aromatic rings. The molecule has 1 aromatic carbocycles. The lowest BCUT2D eigenvalue weighted by Crippen LogP contribution is -2.48. The van der Waals surface area contributed by atoms with E-state index in [4.69, 9.17) is 12.2 Å². The Kier molecular flexibility index (Phi) is 8.87. The lowest BCUT2D eigenvalue weighted by atomic mass is 10.1. The smallest absolute Gasteiger partial charge is 0.269 e. The lowest BCUT2D eigenvalue weighted by Gasteiger charge is -2.11. The first kappa shape index (κ1) is 21.8. The summed E-state index contributed by atoms with van der Waals surface area (Å²) in [5, 5.41) is 5.41. The standard InChI is InChI=1S/C20H28N4O3S/c1-2-3-4-5-6-7-17(25)22-20(28)24-23-19(27)15-10-12-16(13-11-15)21-18(26)14-8-9-14/h10-14H,2-9H2,1H3,(H,21,26)(H,23,27)(H2,22,24,25,28). The Balaban J connectivity index is 1.65. The molecule has 152 valence electrons. The summed E-state index contributed by atoms with van der Waals surface area (Å²) in [7, 11) is 0. The fraction of sp³-hybridized carbons (Fsp3) is 0.500. The van der Waals surface area contributed by atoms with E-state index in [0.29, 0.717) is 17.7 Å².